The van der Waals surface area contributed by atoms with E-state index < -0.39 is 5.56 Å². The fourth-order valence-electron chi connectivity index (χ4n) is 1.32. The second kappa shape index (κ2) is 5.02. The highest BCUT2D eigenvalue weighted by Crippen LogP contribution is 2.23. The first-order valence-corrected chi connectivity index (χ1v) is 5.64. The van der Waals surface area contributed by atoms with Gasteiger partial charge in [-0.1, -0.05) is 0 Å². The van der Waals surface area contributed by atoms with E-state index in [0.717, 1.165) is 4.68 Å². The molecule has 98 valence electrons. The predicted octanol–water partition coefficient (Wildman–Crippen LogP) is 0.903. The monoisotopic (exact) mass is 278 g/mol. The molecule has 0 saturated heterocycles. The molecule has 8 heteroatoms. The second-order valence-electron chi connectivity index (χ2n) is 3.72. The van der Waals surface area contributed by atoms with Gasteiger partial charge >= 0.3 is 0 Å². The van der Waals surface area contributed by atoms with E-state index in [1.54, 1.807) is 0 Å². The quantitative estimate of drug-likeness (QED) is 0.430. The molecule has 2 rings (SSSR count). The number of aryl methyl sites for hydroxylation is 1. The van der Waals surface area contributed by atoms with Crippen molar-refractivity contribution in [1.29, 1.82) is 0 Å². The van der Waals surface area contributed by atoms with Crippen molar-refractivity contribution in [3.8, 4) is 11.5 Å². The van der Waals surface area contributed by atoms with Gasteiger partial charge in [0.25, 0.3) is 5.56 Å². The summed E-state index contributed by atoms with van der Waals surface area (Å²) in [5.41, 5.74) is 0.313. The van der Waals surface area contributed by atoms with Gasteiger partial charge in [-0.25, -0.2) is 0 Å². The molecule has 7 nitrogen and oxygen atoms in total. The van der Waals surface area contributed by atoms with Crippen LogP contribution >= 0.6 is 12.2 Å². The van der Waals surface area contributed by atoms with Crippen molar-refractivity contribution in [2.45, 2.75) is 6.92 Å². The normalized spacial score (nSPS) is 11.0. The lowest BCUT2D eigenvalue weighted by Crippen LogP contribution is -2.22. The van der Waals surface area contributed by atoms with Crippen LogP contribution in [-0.2, 0) is 0 Å². The maximum atomic E-state index is 11.7. The number of phenols is 2. The third-order valence-corrected chi connectivity index (χ3v) is 2.60. The molecule has 0 fully saturated rings. The zero-order valence-electron chi connectivity index (χ0n) is 9.86. The Morgan fingerprint density at radius 2 is 2.16 bits per heavy atom. The van der Waals surface area contributed by atoms with Crippen molar-refractivity contribution < 1.29 is 10.2 Å². The Labute approximate surface area is 112 Å². The van der Waals surface area contributed by atoms with Gasteiger partial charge in [0.05, 0.1) is 6.21 Å². The number of phenolic OH excluding ortho intramolecular Hbond substituents is 2. The number of hydrogen-bond acceptors (Lipinski definition) is 6. The van der Waals surface area contributed by atoms with Crippen LogP contribution in [0.5, 0.6) is 11.5 Å². The largest absolute Gasteiger partial charge is 0.504 e. The molecule has 0 aliphatic heterocycles. The first kappa shape index (κ1) is 13.0. The van der Waals surface area contributed by atoms with E-state index in [-0.39, 0.29) is 22.0 Å². The maximum absolute atomic E-state index is 11.7. The van der Waals surface area contributed by atoms with Crippen LogP contribution in [0.15, 0.2) is 28.1 Å². The van der Waals surface area contributed by atoms with Crippen LogP contribution in [0.1, 0.15) is 11.3 Å². The summed E-state index contributed by atoms with van der Waals surface area (Å²) in [6, 6.07) is 4.16. The molecular formula is C11H10N4O3S. The van der Waals surface area contributed by atoms with E-state index in [1.807, 2.05) is 0 Å². The molecule has 19 heavy (non-hydrogen) atoms. The lowest BCUT2D eigenvalue weighted by molar-refractivity contribution is 0.403. The molecule has 0 amide bonds. The summed E-state index contributed by atoms with van der Waals surface area (Å²) in [6.45, 7) is 1.53. The van der Waals surface area contributed by atoms with E-state index in [1.165, 1.54) is 31.3 Å². The highest BCUT2D eigenvalue weighted by Gasteiger charge is 2.02. The number of benzene rings is 1. The standard InChI is InChI=1S/C11H10N4O3S/c1-6-10(18)15(11(19)14-13-6)12-5-7-2-3-8(16)9(17)4-7/h2-5,16-17H,1H3,(H,14,19)/b12-5-. The van der Waals surface area contributed by atoms with Crippen LogP contribution in [0.3, 0.4) is 0 Å². The molecule has 2 aromatic rings. The zero-order valence-corrected chi connectivity index (χ0v) is 10.7. The van der Waals surface area contributed by atoms with Crippen molar-refractivity contribution in [1.82, 2.24) is 14.9 Å². The molecule has 0 aliphatic rings. The third kappa shape index (κ3) is 2.68. The van der Waals surface area contributed by atoms with Crippen LogP contribution in [-0.4, -0.2) is 31.3 Å². The average Bonchev–Trinajstić information content (AvgIpc) is 2.38. The van der Waals surface area contributed by atoms with Gasteiger partial charge in [0, 0.05) is 0 Å². The van der Waals surface area contributed by atoms with Crippen LogP contribution < -0.4 is 5.56 Å². The number of hydrogen-bond donors (Lipinski definition) is 3. The minimum absolute atomic E-state index is 0.0647. The van der Waals surface area contributed by atoms with E-state index in [9.17, 15) is 15.0 Å². The highest BCUT2D eigenvalue weighted by atomic mass is 32.1. The molecule has 0 aliphatic carbocycles. The summed E-state index contributed by atoms with van der Waals surface area (Å²) in [6.07, 6.45) is 1.34. The van der Waals surface area contributed by atoms with Crippen molar-refractivity contribution in [3.05, 3.63) is 44.6 Å². The minimum atomic E-state index is -0.428. The molecule has 1 aromatic carbocycles. The van der Waals surface area contributed by atoms with Crippen molar-refractivity contribution in [2.24, 2.45) is 5.10 Å². The Balaban J connectivity index is 2.43. The number of aromatic hydroxyl groups is 2. The molecule has 1 heterocycles. The molecule has 0 unspecified atom stereocenters. The summed E-state index contributed by atoms with van der Waals surface area (Å²) in [4.78, 5) is 11.7. The van der Waals surface area contributed by atoms with E-state index >= 15 is 0 Å². The van der Waals surface area contributed by atoms with Gasteiger partial charge in [0.2, 0.25) is 4.77 Å². The van der Waals surface area contributed by atoms with Crippen LogP contribution in [0.25, 0.3) is 0 Å². The van der Waals surface area contributed by atoms with Gasteiger partial charge in [-0.3, -0.25) is 9.89 Å². The van der Waals surface area contributed by atoms with Crippen LogP contribution in [0, 0.1) is 11.7 Å². The summed E-state index contributed by atoms with van der Waals surface area (Å²) < 4.78 is 1.05. The van der Waals surface area contributed by atoms with Gasteiger partial charge in [0.1, 0.15) is 5.69 Å². The minimum Gasteiger partial charge on any atom is -0.504 e. The predicted molar refractivity (Wildman–Crippen MR) is 71.2 cm³/mol. The molecule has 0 atom stereocenters. The lowest BCUT2D eigenvalue weighted by Gasteiger charge is -2.00. The number of nitrogens with one attached hydrogen (secondary N) is 1. The third-order valence-electron chi connectivity index (χ3n) is 2.34. The Morgan fingerprint density at radius 3 is 2.84 bits per heavy atom. The van der Waals surface area contributed by atoms with Gasteiger partial charge in [-0.15, -0.1) is 0 Å². The second-order valence-corrected chi connectivity index (χ2v) is 4.11. The Hall–Kier alpha value is -2.48. The van der Waals surface area contributed by atoms with Crippen molar-refractivity contribution >= 4 is 18.4 Å². The Morgan fingerprint density at radius 1 is 1.42 bits per heavy atom. The molecule has 0 saturated carbocycles. The van der Waals surface area contributed by atoms with E-state index in [2.05, 4.69) is 15.3 Å². The van der Waals surface area contributed by atoms with Crippen molar-refractivity contribution in [2.75, 3.05) is 0 Å². The summed E-state index contributed by atoms with van der Waals surface area (Å²) in [5.74, 6) is -0.501. The molecule has 0 spiro atoms. The number of nitrogens with zero attached hydrogens (tertiary/aromatic N) is 3. The number of rotatable bonds is 2. The van der Waals surface area contributed by atoms with E-state index in [4.69, 9.17) is 12.2 Å². The average molecular weight is 278 g/mol. The topological polar surface area (TPSA) is 104 Å². The van der Waals surface area contributed by atoms with Gasteiger partial charge in [-0.2, -0.15) is 14.9 Å². The number of aromatic amines is 1. The highest BCUT2D eigenvalue weighted by molar-refractivity contribution is 7.71. The summed E-state index contributed by atoms with van der Waals surface area (Å²) >= 11 is 4.90. The fraction of sp³-hybridized carbons (Fsp3) is 0.0909. The van der Waals surface area contributed by atoms with Gasteiger partial charge in [-0.05, 0) is 42.9 Å². The Bertz CT molecular complexity index is 763. The summed E-state index contributed by atoms with van der Waals surface area (Å²) in [7, 11) is 0. The Kier molecular flexibility index (Phi) is 3.43. The number of aromatic nitrogens is 3. The van der Waals surface area contributed by atoms with Crippen molar-refractivity contribution in [3.63, 3.8) is 0 Å². The zero-order chi connectivity index (χ0) is 14.0. The summed E-state index contributed by atoms with van der Waals surface area (Å²) in [5, 5.41) is 28.6. The molecular weight excluding hydrogens is 268 g/mol. The van der Waals surface area contributed by atoms with Crippen LogP contribution in [0.2, 0.25) is 0 Å². The lowest BCUT2D eigenvalue weighted by atomic mass is 10.2. The molecule has 0 radical (unpaired) electrons. The number of H-pyrrole nitrogens is 1. The smallest absolute Gasteiger partial charge is 0.296 e. The first-order chi connectivity index (χ1) is 8.99. The molecule has 1 aromatic heterocycles. The SMILES string of the molecule is Cc1n[nH]c(=S)n(/N=C\c2ccc(O)c(O)c2)c1=O. The fourth-order valence-corrected chi connectivity index (χ4v) is 1.50. The molecule has 0 bridgehead atoms. The van der Waals surface area contributed by atoms with E-state index in [0.29, 0.717) is 5.56 Å². The first-order valence-electron chi connectivity index (χ1n) is 5.23. The maximum Gasteiger partial charge on any atom is 0.296 e. The molecule has 3 N–H and O–H groups in total. The van der Waals surface area contributed by atoms with Gasteiger partial charge < -0.3 is 10.2 Å². The van der Waals surface area contributed by atoms with Gasteiger partial charge in [0.15, 0.2) is 11.5 Å². The van der Waals surface area contributed by atoms with Crippen LogP contribution in [0.4, 0.5) is 0 Å².